The highest BCUT2D eigenvalue weighted by atomic mass is 16.5. The van der Waals surface area contributed by atoms with Crippen LogP contribution in [0.1, 0.15) is 38.3 Å². The molecule has 20 heavy (non-hydrogen) atoms. The summed E-state index contributed by atoms with van der Waals surface area (Å²) in [7, 11) is 3.33. The quantitative estimate of drug-likeness (QED) is 0.669. The number of para-hydroxylation sites is 1. The predicted molar refractivity (Wildman–Crippen MR) is 81.7 cm³/mol. The van der Waals surface area contributed by atoms with Crippen LogP contribution in [0.2, 0.25) is 0 Å². The number of rotatable bonds is 10. The predicted octanol–water partition coefficient (Wildman–Crippen LogP) is 3.17. The summed E-state index contributed by atoms with van der Waals surface area (Å²) >= 11 is 0. The molecule has 1 rings (SSSR count). The average molecular weight is 281 g/mol. The summed E-state index contributed by atoms with van der Waals surface area (Å²) in [6.07, 6.45) is 2.10. The van der Waals surface area contributed by atoms with Gasteiger partial charge < -0.3 is 19.5 Å². The molecule has 0 saturated carbocycles. The van der Waals surface area contributed by atoms with Crippen molar-refractivity contribution in [3.8, 4) is 11.5 Å². The first-order chi connectivity index (χ1) is 9.78. The minimum absolute atomic E-state index is 0.117. The Kier molecular flexibility index (Phi) is 8.07. The Morgan fingerprint density at radius 2 is 1.90 bits per heavy atom. The zero-order valence-corrected chi connectivity index (χ0v) is 13.1. The number of hydrogen-bond donors (Lipinski definition) is 1. The van der Waals surface area contributed by atoms with Gasteiger partial charge in [0.1, 0.15) is 0 Å². The fourth-order valence-corrected chi connectivity index (χ4v) is 2.11. The molecule has 0 fully saturated rings. The van der Waals surface area contributed by atoms with E-state index in [-0.39, 0.29) is 6.04 Å². The van der Waals surface area contributed by atoms with Gasteiger partial charge in [0.15, 0.2) is 11.5 Å². The van der Waals surface area contributed by atoms with Gasteiger partial charge in [-0.15, -0.1) is 0 Å². The van der Waals surface area contributed by atoms with Crippen molar-refractivity contribution >= 4 is 0 Å². The van der Waals surface area contributed by atoms with Gasteiger partial charge in [0.05, 0.1) is 26.9 Å². The van der Waals surface area contributed by atoms with Crippen LogP contribution in [-0.2, 0) is 4.74 Å². The third-order valence-electron chi connectivity index (χ3n) is 3.08. The molecule has 0 aliphatic heterocycles. The molecule has 0 spiro atoms. The van der Waals surface area contributed by atoms with E-state index in [0.29, 0.717) is 6.61 Å². The maximum absolute atomic E-state index is 5.71. The first kappa shape index (κ1) is 16.8. The highest BCUT2D eigenvalue weighted by Gasteiger charge is 2.18. The Bertz CT molecular complexity index is 382. The molecular weight excluding hydrogens is 254 g/mol. The van der Waals surface area contributed by atoms with Crippen LogP contribution in [0.3, 0.4) is 0 Å². The summed E-state index contributed by atoms with van der Waals surface area (Å²) in [5, 5.41) is 3.51. The van der Waals surface area contributed by atoms with E-state index in [2.05, 4.69) is 25.2 Å². The smallest absolute Gasteiger partial charge is 0.165 e. The Labute approximate surface area is 122 Å². The maximum Gasteiger partial charge on any atom is 0.165 e. The number of nitrogens with one attached hydrogen (secondary N) is 1. The molecular formula is C16H27NO3. The van der Waals surface area contributed by atoms with Crippen LogP contribution >= 0.6 is 0 Å². The minimum atomic E-state index is 0.117. The van der Waals surface area contributed by atoms with Gasteiger partial charge in [-0.05, 0) is 25.5 Å². The molecule has 1 unspecified atom stereocenters. The third kappa shape index (κ3) is 4.69. The van der Waals surface area contributed by atoms with Crippen molar-refractivity contribution in [3.63, 3.8) is 0 Å². The molecule has 0 aliphatic carbocycles. The van der Waals surface area contributed by atoms with Gasteiger partial charge in [0.25, 0.3) is 0 Å². The van der Waals surface area contributed by atoms with Crippen LogP contribution in [0.15, 0.2) is 18.2 Å². The van der Waals surface area contributed by atoms with Gasteiger partial charge in [-0.2, -0.15) is 0 Å². The van der Waals surface area contributed by atoms with Crippen molar-refractivity contribution in [3.05, 3.63) is 23.8 Å². The van der Waals surface area contributed by atoms with E-state index in [0.717, 1.165) is 43.1 Å². The van der Waals surface area contributed by atoms with Crippen LogP contribution in [0.4, 0.5) is 0 Å². The van der Waals surface area contributed by atoms with Crippen molar-refractivity contribution in [1.29, 1.82) is 0 Å². The molecule has 0 amide bonds. The highest BCUT2D eigenvalue weighted by molar-refractivity contribution is 5.48. The molecule has 4 heteroatoms. The van der Waals surface area contributed by atoms with E-state index in [4.69, 9.17) is 14.2 Å². The highest BCUT2D eigenvalue weighted by Crippen LogP contribution is 2.34. The van der Waals surface area contributed by atoms with Gasteiger partial charge in [-0.3, -0.25) is 0 Å². The van der Waals surface area contributed by atoms with Crippen LogP contribution in [0, 0.1) is 0 Å². The lowest BCUT2D eigenvalue weighted by Gasteiger charge is -2.22. The lowest BCUT2D eigenvalue weighted by Crippen LogP contribution is -2.27. The molecule has 1 N–H and O–H groups in total. The number of methoxy groups -OCH3 is 2. The van der Waals surface area contributed by atoms with Crippen LogP contribution < -0.4 is 14.8 Å². The molecule has 0 aromatic heterocycles. The minimum Gasteiger partial charge on any atom is -0.493 e. The number of hydrogen-bond acceptors (Lipinski definition) is 4. The molecule has 1 aromatic carbocycles. The van der Waals surface area contributed by atoms with Gasteiger partial charge in [0.2, 0.25) is 0 Å². The molecule has 0 saturated heterocycles. The number of ether oxygens (including phenoxy) is 3. The Hall–Kier alpha value is -1.26. The Morgan fingerprint density at radius 3 is 2.50 bits per heavy atom. The van der Waals surface area contributed by atoms with Gasteiger partial charge in [-0.25, -0.2) is 0 Å². The standard InChI is InChI=1S/C16H27NO3/c1-5-10-17-14(12-20-11-6-2)13-8-7-9-15(18-3)16(13)19-4/h7-9,14,17H,5-6,10-12H2,1-4H3. The molecule has 1 aromatic rings. The van der Waals surface area contributed by atoms with E-state index in [9.17, 15) is 0 Å². The summed E-state index contributed by atoms with van der Waals surface area (Å²) in [5.74, 6) is 1.53. The molecule has 0 heterocycles. The largest absolute Gasteiger partial charge is 0.493 e. The zero-order valence-electron chi connectivity index (χ0n) is 13.1. The summed E-state index contributed by atoms with van der Waals surface area (Å²) in [6, 6.07) is 6.07. The average Bonchev–Trinajstić information content (AvgIpc) is 2.49. The number of benzene rings is 1. The first-order valence-electron chi connectivity index (χ1n) is 7.30. The van der Waals surface area contributed by atoms with Crippen LogP contribution in [0.5, 0.6) is 11.5 Å². The van der Waals surface area contributed by atoms with Crippen molar-refractivity contribution in [2.45, 2.75) is 32.7 Å². The normalized spacial score (nSPS) is 12.2. The van der Waals surface area contributed by atoms with E-state index in [1.807, 2.05) is 12.1 Å². The molecule has 0 aliphatic rings. The second-order valence-corrected chi connectivity index (χ2v) is 4.66. The van der Waals surface area contributed by atoms with Gasteiger partial charge in [-0.1, -0.05) is 26.0 Å². The molecule has 4 nitrogen and oxygen atoms in total. The maximum atomic E-state index is 5.71. The van der Waals surface area contributed by atoms with Crippen molar-refractivity contribution in [1.82, 2.24) is 5.32 Å². The van der Waals surface area contributed by atoms with Crippen molar-refractivity contribution in [2.75, 3.05) is 34.0 Å². The molecule has 1 atom stereocenters. The summed E-state index contributed by atoms with van der Waals surface area (Å²) in [6.45, 7) is 6.62. The molecule has 114 valence electrons. The Morgan fingerprint density at radius 1 is 1.10 bits per heavy atom. The lowest BCUT2D eigenvalue weighted by atomic mass is 10.1. The fraction of sp³-hybridized carbons (Fsp3) is 0.625. The Balaban J connectivity index is 2.92. The van der Waals surface area contributed by atoms with Crippen LogP contribution in [-0.4, -0.2) is 34.0 Å². The second kappa shape index (κ2) is 9.61. The van der Waals surface area contributed by atoms with Gasteiger partial charge in [0, 0.05) is 12.2 Å². The summed E-state index contributed by atoms with van der Waals surface area (Å²) < 4.78 is 16.6. The lowest BCUT2D eigenvalue weighted by molar-refractivity contribution is 0.111. The van der Waals surface area contributed by atoms with Crippen LogP contribution in [0.25, 0.3) is 0 Å². The zero-order chi connectivity index (χ0) is 14.8. The molecule has 0 radical (unpaired) electrons. The SMILES string of the molecule is CCCNC(COCCC)c1cccc(OC)c1OC. The van der Waals surface area contributed by atoms with Crippen molar-refractivity contribution < 1.29 is 14.2 Å². The van der Waals surface area contributed by atoms with E-state index in [1.54, 1.807) is 14.2 Å². The van der Waals surface area contributed by atoms with E-state index in [1.165, 1.54) is 0 Å². The third-order valence-corrected chi connectivity index (χ3v) is 3.08. The fourth-order valence-electron chi connectivity index (χ4n) is 2.11. The van der Waals surface area contributed by atoms with E-state index >= 15 is 0 Å². The summed E-state index contributed by atoms with van der Waals surface area (Å²) in [5.41, 5.74) is 1.08. The topological polar surface area (TPSA) is 39.7 Å². The summed E-state index contributed by atoms with van der Waals surface area (Å²) in [4.78, 5) is 0. The van der Waals surface area contributed by atoms with Gasteiger partial charge >= 0.3 is 0 Å². The monoisotopic (exact) mass is 281 g/mol. The molecule has 0 bridgehead atoms. The van der Waals surface area contributed by atoms with Crippen molar-refractivity contribution in [2.24, 2.45) is 0 Å². The second-order valence-electron chi connectivity index (χ2n) is 4.66. The first-order valence-corrected chi connectivity index (χ1v) is 7.30. The van der Waals surface area contributed by atoms with E-state index < -0.39 is 0 Å².